The zero-order valence-electron chi connectivity index (χ0n) is 9.41. The summed E-state index contributed by atoms with van der Waals surface area (Å²) in [6, 6.07) is -0.644. The molecule has 0 saturated heterocycles. The second-order valence-electron chi connectivity index (χ2n) is 1.66. The molecule has 1 aromatic carbocycles. The lowest BCUT2D eigenvalue weighted by Gasteiger charge is -2.00. The van der Waals surface area contributed by atoms with E-state index in [1.807, 2.05) is 0 Å². The molecule has 1 rings (SSSR count). The second kappa shape index (κ2) is 2.53. The summed E-state index contributed by atoms with van der Waals surface area (Å²) in [6.07, 6.45) is 0. The van der Waals surface area contributed by atoms with E-state index in [4.69, 9.17) is 10.2 Å². The third kappa shape index (κ3) is 1.22. The van der Waals surface area contributed by atoms with E-state index in [1.165, 1.54) is 7.11 Å². The van der Waals surface area contributed by atoms with Gasteiger partial charge in [-0.05, 0) is 18.5 Å². The Bertz CT molecular complexity index is 319. The lowest BCUT2D eigenvalue weighted by Crippen LogP contribution is -1.84. The van der Waals surface area contributed by atoms with Crippen molar-refractivity contribution in [2.45, 2.75) is 6.92 Å². The molecule has 0 fully saturated rings. The SMILES string of the molecule is [2H]c1c([2H])c([2H])c(OC)c(C)c1[2H]. The molecule has 0 unspecified atom stereocenters. The van der Waals surface area contributed by atoms with Gasteiger partial charge in [-0.1, -0.05) is 18.1 Å². The predicted molar refractivity (Wildman–Crippen MR) is 37.7 cm³/mol. The van der Waals surface area contributed by atoms with Gasteiger partial charge in [0.1, 0.15) is 5.75 Å². The van der Waals surface area contributed by atoms with Gasteiger partial charge in [0.15, 0.2) is 0 Å². The molecule has 0 radical (unpaired) electrons. The number of hydrogen-bond acceptors (Lipinski definition) is 1. The molecule has 1 heteroatoms. The maximum absolute atomic E-state index is 7.46. The van der Waals surface area contributed by atoms with Crippen molar-refractivity contribution in [3.63, 3.8) is 0 Å². The first-order valence-electron chi connectivity index (χ1n) is 4.61. The molecule has 9 heavy (non-hydrogen) atoms. The lowest BCUT2D eigenvalue weighted by atomic mass is 10.2. The van der Waals surface area contributed by atoms with Crippen LogP contribution in [0.2, 0.25) is 0 Å². The average molecular weight is 126 g/mol. The van der Waals surface area contributed by atoms with Crippen LogP contribution < -0.4 is 4.74 Å². The van der Waals surface area contributed by atoms with Gasteiger partial charge in [-0.25, -0.2) is 0 Å². The number of para-hydroxylation sites is 1. The van der Waals surface area contributed by atoms with Gasteiger partial charge in [-0.3, -0.25) is 0 Å². The molecule has 0 spiro atoms. The second-order valence-corrected chi connectivity index (χ2v) is 1.66. The Balaban J connectivity index is 3.56. The van der Waals surface area contributed by atoms with Gasteiger partial charge in [-0.15, -0.1) is 0 Å². The van der Waals surface area contributed by atoms with Crippen LogP contribution in [0.5, 0.6) is 5.75 Å². The van der Waals surface area contributed by atoms with Crippen molar-refractivity contribution in [3.8, 4) is 5.75 Å². The highest BCUT2D eigenvalue weighted by Gasteiger charge is 1.90. The number of methoxy groups -OCH3 is 1. The largest absolute Gasteiger partial charge is 0.496 e. The van der Waals surface area contributed by atoms with E-state index in [0.717, 1.165) is 0 Å². The Morgan fingerprint density at radius 1 is 1.44 bits per heavy atom. The van der Waals surface area contributed by atoms with E-state index in [1.54, 1.807) is 6.92 Å². The zero-order chi connectivity index (χ0) is 10.2. The van der Waals surface area contributed by atoms with Crippen molar-refractivity contribution >= 4 is 0 Å². The number of ether oxygens (including phenoxy) is 1. The summed E-state index contributed by atoms with van der Waals surface area (Å²) in [5, 5.41) is 0. The quantitative estimate of drug-likeness (QED) is 0.559. The summed E-state index contributed by atoms with van der Waals surface area (Å²) >= 11 is 0. The van der Waals surface area contributed by atoms with Gasteiger partial charge < -0.3 is 4.74 Å². The Labute approximate surface area is 60.9 Å². The fourth-order valence-electron chi connectivity index (χ4n) is 0.568. The van der Waals surface area contributed by atoms with Crippen LogP contribution in [0.1, 0.15) is 11.0 Å². The first-order chi connectivity index (χ1) is 6.00. The normalized spacial score (nSPS) is 15.3. The van der Waals surface area contributed by atoms with E-state index in [-0.39, 0.29) is 29.9 Å². The molecular formula is C8H10O. The summed E-state index contributed by atoms with van der Waals surface area (Å²) in [5.74, 6) is 0.214. The first kappa shape index (κ1) is 2.74. The standard InChI is InChI=1S/C8H10O/c1-7-5-3-4-6-8(7)9-2/h3-6H,1-2H3/i3D,4D,5D,6D. The molecule has 0 bridgehead atoms. The summed E-state index contributed by atoms with van der Waals surface area (Å²) < 4.78 is 34.5. The smallest absolute Gasteiger partial charge is 0.121 e. The van der Waals surface area contributed by atoms with Crippen molar-refractivity contribution in [2.75, 3.05) is 7.11 Å². The summed E-state index contributed by atoms with van der Waals surface area (Å²) in [6.45, 7) is 1.61. The molecule has 0 atom stereocenters. The number of hydrogen-bond donors (Lipinski definition) is 0. The Morgan fingerprint density at radius 3 is 2.78 bits per heavy atom. The average Bonchev–Trinajstić information content (AvgIpc) is 2.13. The van der Waals surface area contributed by atoms with Crippen molar-refractivity contribution in [1.82, 2.24) is 0 Å². The van der Waals surface area contributed by atoms with Crippen LogP contribution in [0.4, 0.5) is 0 Å². The first-order valence-corrected chi connectivity index (χ1v) is 2.61. The highest BCUT2D eigenvalue weighted by atomic mass is 16.5. The van der Waals surface area contributed by atoms with Gasteiger partial charge >= 0.3 is 0 Å². The van der Waals surface area contributed by atoms with Gasteiger partial charge in [0, 0.05) is 0 Å². The van der Waals surface area contributed by atoms with Gasteiger partial charge in [0.25, 0.3) is 0 Å². The van der Waals surface area contributed by atoms with E-state index in [0.29, 0.717) is 5.56 Å². The molecule has 1 aromatic rings. The topological polar surface area (TPSA) is 9.23 Å². The van der Waals surface area contributed by atoms with Crippen molar-refractivity contribution in [2.24, 2.45) is 0 Å². The molecule has 0 aliphatic carbocycles. The predicted octanol–water partition coefficient (Wildman–Crippen LogP) is 2.00. The van der Waals surface area contributed by atoms with Gasteiger partial charge in [-0.2, -0.15) is 0 Å². The molecule has 1 nitrogen and oxygen atoms in total. The number of benzene rings is 1. The maximum atomic E-state index is 7.46. The lowest BCUT2D eigenvalue weighted by molar-refractivity contribution is 0.411. The van der Waals surface area contributed by atoms with Crippen molar-refractivity contribution in [3.05, 3.63) is 29.7 Å². The Kier molecular flexibility index (Phi) is 0.770. The summed E-state index contributed by atoms with van der Waals surface area (Å²) in [4.78, 5) is 0. The van der Waals surface area contributed by atoms with Crippen molar-refractivity contribution < 1.29 is 10.2 Å². The van der Waals surface area contributed by atoms with Crippen LogP contribution in [0.15, 0.2) is 24.2 Å². The van der Waals surface area contributed by atoms with E-state index in [2.05, 4.69) is 0 Å². The van der Waals surface area contributed by atoms with Crippen LogP contribution in [0, 0.1) is 6.92 Å². The minimum Gasteiger partial charge on any atom is -0.496 e. The Hall–Kier alpha value is -0.980. The van der Waals surface area contributed by atoms with E-state index >= 15 is 0 Å². The monoisotopic (exact) mass is 126 g/mol. The highest BCUT2D eigenvalue weighted by molar-refractivity contribution is 5.31. The molecule has 0 N–H and O–H groups in total. The molecule has 0 aliphatic rings. The fraction of sp³-hybridized carbons (Fsp3) is 0.250. The van der Waals surface area contributed by atoms with Crippen LogP contribution in [0.25, 0.3) is 0 Å². The highest BCUT2D eigenvalue weighted by Crippen LogP contribution is 2.14. The maximum Gasteiger partial charge on any atom is 0.121 e. The summed E-state index contributed by atoms with van der Waals surface area (Å²) in [5.41, 5.74) is 0.438. The summed E-state index contributed by atoms with van der Waals surface area (Å²) in [7, 11) is 1.39. The van der Waals surface area contributed by atoms with Crippen LogP contribution in [0.3, 0.4) is 0 Å². The van der Waals surface area contributed by atoms with E-state index < -0.39 is 0 Å². The van der Waals surface area contributed by atoms with Crippen LogP contribution >= 0.6 is 0 Å². The molecule has 0 amide bonds. The third-order valence-corrected chi connectivity index (χ3v) is 1.03. The van der Waals surface area contributed by atoms with Crippen molar-refractivity contribution in [1.29, 1.82) is 0 Å². The van der Waals surface area contributed by atoms with Crippen LogP contribution in [-0.2, 0) is 0 Å². The minimum atomic E-state index is -0.257. The van der Waals surface area contributed by atoms with Gasteiger partial charge in [0.05, 0.1) is 12.6 Å². The minimum absolute atomic E-state index is 0.0437. The van der Waals surface area contributed by atoms with Gasteiger partial charge in [0.2, 0.25) is 0 Å². The molecule has 0 heterocycles. The van der Waals surface area contributed by atoms with Crippen LogP contribution in [-0.4, -0.2) is 7.11 Å². The molecular weight excluding hydrogens is 112 g/mol. The molecule has 48 valence electrons. The van der Waals surface area contributed by atoms with E-state index in [9.17, 15) is 0 Å². The third-order valence-electron chi connectivity index (χ3n) is 1.03. The molecule has 0 aromatic heterocycles. The zero-order valence-corrected chi connectivity index (χ0v) is 5.41. The molecule has 0 saturated carbocycles. The number of rotatable bonds is 1. The molecule has 0 aliphatic heterocycles. The fourth-order valence-corrected chi connectivity index (χ4v) is 0.568. The Morgan fingerprint density at radius 2 is 2.11 bits per heavy atom.